The molecule has 2 aromatic heterocycles. The summed E-state index contributed by atoms with van der Waals surface area (Å²) in [5, 5.41) is 5.90. The Morgan fingerprint density at radius 3 is 2.51 bits per heavy atom. The number of rotatable bonds is 5. The van der Waals surface area contributed by atoms with Gasteiger partial charge in [-0.1, -0.05) is 19.1 Å². The third kappa shape index (κ3) is 5.53. The van der Waals surface area contributed by atoms with Crippen molar-refractivity contribution in [2.75, 3.05) is 29.6 Å². The van der Waals surface area contributed by atoms with Crippen molar-refractivity contribution in [3.8, 4) is 0 Å². The van der Waals surface area contributed by atoms with Crippen molar-refractivity contribution in [2.24, 2.45) is 5.92 Å². The Hall–Kier alpha value is -3.28. The van der Waals surface area contributed by atoms with Gasteiger partial charge in [-0.25, -0.2) is 22.2 Å². The summed E-state index contributed by atoms with van der Waals surface area (Å²) in [7, 11) is -3.51. The van der Waals surface area contributed by atoms with Crippen LogP contribution in [0.4, 0.5) is 29.5 Å². The summed E-state index contributed by atoms with van der Waals surface area (Å²) >= 11 is 0. The number of alkyl halides is 3. The summed E-state index contributed by atoms with van der Waals surface area (Å²) < 4.78 is 64.9. The van der Waals surface area contributed by atoms with Crippen LogP contribution in [0.2, 0.25) is 0 Å². The van der Waals surface area contributed by atoms with E-state index < -0.39 is 27.9 Å². The Kier molecular flexibility index (Phi) is 6.67. The Bertz CT molecular complexity index is 1350. The molecule has 0 bridgehead atoms. The molecule has 0 atom stereocenters. The van der Waals surface area contributed by atoms with Crippen molar-refractivity contribution in [2.45, 2.75) is 32.5 Å². The lowest BCUT2D eigenvalue weighted by atomic mass is 9.99. The fourth-order valence-corrected chi connectivity index (χ4v) is 4.95. The van der Waals surface area contributed by atoms with Crippen LogP contribution in [0.15, 0.2) is 42.6 Å². The number of hydrogen-bond acceptors (Lipinski definition) is 5. The van der Waals surface area contributed by atoms with Crippen LogP contribution in [0.25, 0.3) is 10.9 Å². The van der Waals surface area contributed by atoms with Gasteiger partial charge < -0.3 is 15.5 Å². The van der Waals surface area contributed by atoms with Crippen LogP contribution in [-0.2, 0) is 22.7 Å². The normalized spacial score (nSPS) is 15.4. The van der Waals surface area contributed by atoms with E-state index in [0.29, 0.717) is 41.2 Å². The molecule has 188 valence electrons. The predicted octanol–water partition coefficient (Wildman–Crippen LogP) is 4.42. The lowest BCUT2D eigenvalue weighted by molar-refractivity contribution is -0.141. The number of piperidine rings is 1. The number of aromatic nitrogens is 2. The maximum Gasteiger partial charge on any atom is 0.433 e. The molecule has 2 amide bonds. The van der Waals surface area contributed by atoms with Crippen LogP contribution in [0.3, 0.4) is 0 Å². The molecule has 1 saturated heterocycles. The van der Waals surface area contributed by atoms with Gasteiger partial charge >= 0.3 is 12.2 Å². The van der Waals surface area contributed by atoms with E-state index in [0.717, 1.165) is 29.1 Å². The van der Waals surface area contributed by atoms with Gasteiger partial charge in [0.1, 0.15) is 11.5 Å². The van der Waals surface area contributed by atoms with Gasteiger partial charge in [0.15, 0.2) is 0 Å². The molecule has 1 fully saturated rings. The number of carbonyl (C=O) groups is 1. The maximum absolute atomic E-state index is 13.3. The van der Waals surface area contributed by atoms with E-state index in [1.807, 2.05) is 4.90 Å². The first-order valence-corrected chi connectivity index (χ1v) is 13.0. The molecule has 12 heteroatoms. The first-order valence-electron chi connectivity index (χ1n) is 11.1. The highest BCUT2D eigenvalue weighted by molar-refractivity contribution is 7.89. The molecule has 1 aliphatic rings. The molecule has 4 rings (SSSR count). The minimum absolute atomic E-state index is 0.0291. The number of hydrogen-bond donors (Lipinski definition) is 2. The summed E-state index contributed by atoms with van der Waals surface area (Å²) in [6.45, 7) is 3.26. The van der Waals surface area contributed by atoms with Crippen molar-refractivity contribution < 1.29 is 26.4 Å². The Labute approximate surface area is 201 Å². The summed E-state index contributed by atoms with van der Waals surface area (Å²) in [6, 6.07) is 8.14. The van der Waals surface area contributed by atoms with Crippen molar-refractivity contribution in [1.29, 1.82) is 0 Å². The molecule has 3 aromatic rings. The fraction of sp³-hybridized carbons (Fsp3) is 0.391. The Morgan fingerprint density at radius 2 is 1.86 bits per heavy atom. The minimum Gasteiger partial charge on any atom is -0.356 e. The zero-order valence-corrected chi connectivity index (χ0v) is 20.1. The first-order chi connectivity index (χ1) is 16.4. The number of urea groups is 1. The van der Waals surface area contributed by atoms with E-state index in [9.17, 15) is 26.4 Å². The van der Waals surface area contributed by atoms with Crippen LogP contribution in [0.1, 0.15) is 31.0 Å². The minimum atomic E-state index is -4.57. The molecule has 3 heterocycles. The number of fused-ring (bicyclic) bond motifs is 1. The third-order valence-electron chi connectivity index (χ3n) is 6.07. The fourth-order valence-electron chi connectivity index (χ4n) is 4.15. The van der Waals surface area contributed by atoms with Crippen LogP contribution >= 0.6 is 0 Å². The average molecular weight is 510 g/mol. The number of carbonyl (C=O) groups excluding carboxylic acids is 1. The first kappa shape index (κ1) is 24.8. The molecular weight excluding hydrogens is 483 g/mol. The standard InChI is InChI=1S/C23H26F3N5O3S/c1-15-8-11-30(12-9-15)21-16(6-7-20(29-21)23(24,25)26)14-27-22(32)28-18-4-3-5-19-17(18)10-13-31(19)35(2,33)34/h3-7,10,13,15H,8-9,11-12,14H2,1-2H3,(H2,27,28,32). The third-order valence-corrected chi connectivity index (χ3v) is 7.10. The molecule has 2 N–H and O–H groups in total. The zero-order valence-electron chi connectivity index (χ0n) is 19.3. The van der Waals surface area contributed by atoms with Crippen LogP contribution in [-0.4, -0.2) is 42.8 Å². The highest BCUT2D eigenvalue weighted by Gasteiger charge is 2.34. The summed E-state index contributed by atoms with van der Waals surface area (Å²) in [6.07, 6.45) is -0.381. The van der Waals surface area contributed by atoms with E-state index in [4.69, 9.17) is 0 Å². The van der Waals surface area contributed by atoms with E-state index in [-0.39, 0.29) is 12.4 Å². The Morgan fingerprint density at radius 1 is 1.14 bits per heavy atom. The van der Waals surface area contributed by atoms with E-state index in [1.54, 1.807) is 24.3 Å². The summed E-state index contributed by atoms with van der Waals surface area (Å²) in [4.78, 5) is 18.4. The summed E-state index contributed by atoms with van der Waals surface area (Å²) in [5.41, 5.74) is 0.322. The molecule has 8 nitrogen and oxygen atoms in total. The number of pyridine rings is 1. The molecule has 35 heavy (non-hydrogen) atoms. The van der Waals surface area contributed by atoms with Gasteiger partial charge in [-0.2, -0.15) is 13.2 Å². The summed E-state index contributed by atoms with van der Waals surface area (Å²) in [5.74, 6) is 0.712. The molecule has 0 spiro atoms. The number of nitrogens with one attached hydrogen (secondary N) is 2. The highest BCUT2D eigenvalue weighted by Crippen LogP contribution is 2.32. The van der Waals surface area contributed by atoms with Crippen molar-refractivity contribution in [3.05, 3.63) is 53.9 Å². The van der Waals surface area contributed by atoms with Gasteiger partial charge in [0.2, 0.25) is 10.0 Å². The molecule has 0 radical (unpaired) electrons. The number of halogens is 3. The quantitative estimate of drug-likeness (QED) is 0.531. The van der Waals surface area contributed by atoms with Gasteiger partial charge in [0.25, 0.3) is 0 Å². The van der Waals surface area contributed by atoms with Crippen molar-refractivity contribution in [3.63, 3.8) is 0 Å². The van der Waals surface area contributed by atoms with Crippen molar-refractivity contribution >= 4 is 38.5 Å². The molecule has 1 aromatic carbocycles. The Balaban J connectivity index is 1.52. The average Bonchev–Trinajstić information content (AvgIpc) is 3.23. The second-order valence-corrected chi connectivity index (χ2v) is 10.6. The van der Waals surface area contributed by atoms with Gasteiger partial charge in [-0.15, -0.1) is 0 Å². The number of nitrogens with zero attached hydrogens (tertiary/aromatic N) is 3. The van der Waals surface area contributed by atoms with Gasteiger partial charge in [0.05, 0.1) is 17.5 Å². The molecule has 0 unspecified atom stereocenters. The monoisotopic (exact) mass is 509 g/mol. The van der Waals surface area contributed by atoms with Gasteiger partial charge in [0, 0.05) is 36.8 Å². The number of anilines is 2. The number of amides is 2. The van der Waals surface area contributed by atoms with Crippen LogP contribution < -0.4 is 15.5 Å². The molecule has 0 saturated carbocycles. The topological polar surface area (TPSA) is 96.3 Å². The second-order valence-electron chi connectivity index (χ2n) is 8.77. The van der Waals surface area contributed by atoms with Crippen LogP contribution in [0.5, 0.6) is 0 Å². The molecule has 1 aliphatic heterocycles. The largest absolute Gasteiger partial charge is 0.433 e. The van der Waals surface area contributed by atoms with E-state index >= 15 is 0 Å². The van der Waals surface area contributed by atoms with Gasteiger partial charge in [-0.3, -0.25) is 0 Å². The number of benzene rings is 1. The van der Waals surface area contributed by atoms with Crippen LogP contribution in [0, 0.1) is 5.92 Å². The molecule has 0 aliphatic carbocycles. The highest BCUT2D eigenvalue weighted by atomic mass is 32.2. The maximum atomic E-state index is 13.3. The lowest BCUT2D eigenvalue weighted by Crippen LogP contribution is -2.35. The molecular formula is C23H26F3N5O3S. The SMILES string of the molecule is CC1CCN(c2nc(C(F)(F)F)ccc2CNC(=O)Nc2cccc3c2ccn3S(C)(=O)=O)CC1. The smallest absolute Gasteiger partial charge is 0.356 e. The van der Waals surface area contributed by atoms with Crippen molar-refractivity contribution in [1.82, 2.24) is 14.3 Å². The second kappa shape index (κ2) is 9.40. The van der Waals surface area contributed by atoms with E-state index in [2.05, 4.69) is 22.5 Å². The van der Waals surface area contributed by atoms with E-state index in [1.165, 1.54) is 12.3 Å². The van der Waals surface area contributed by atoms with Gasteiger partial charge in [-0.05, 0) is 43.0 Å². The zero-order chi connectivity index (χ0) is 25.4. The predicted molar refractivity (Wildman–Crippen MR) is 128 cm³/mol. The lowest BCUT2D eigenvalue weighted by Gasteiger charge is -2.33.